The maximum absolute atomic E-state index is 13.9. The Morgan fingerprint density at radius 2 is 2.22 bits per heavy atom. The van der Waals surface area contributed by atoms with Gasteiger partial charge in [-0.05, 0) is 19.3 Å². The van der Waals surface area contributed by atoms with Gasteiger partial charge in [-0.2, -0.15) is 4.39 Å². The van der Waals surface area contributed by atoms with Crippen molar-refractivity contribution in [2.45, 2.75) is 32.9 Å². The van der Waals surface area contributed by atoms with Crippen LogP contribution in [0.15, 0.2) is 18.2 Å². The van der Waals surface area contributed by atoms with Gasteiger partial charge in [-0.15, -0.1) is 0 Å². The van der Waals surface area contributed by atoms with Gasteiger partial charge in [0.1, 0.15) is 0 Å². The molecule has 0 aromatic heterocycles. The third-order valence-electron chi connectivity index (χ3n) is 3.54. The highest BCUT2D eigenvalue weighted by Gasteiger charge is 2.27. The van der Waals surface area contributed by atoms with Crippen molar-refractivity contribution >= 4 is 5.69 Å². The third kappa shape index (κ3) is 2.51. The van der Waals surface area contributed by atoms with Crippen LogP contribution in [-0.2, 0) is 6.54 Å². The second-order valence-electron chi connectivity index (χ2n) is 5.13. The molecular formula is C13H17FN2O2. The normalized spacial score (nSPS) is 24.4. The van der Waals surface area contributed by atoms with Gasteiger partial charge in [0, 0.05) is 30.8 Å². The Bertz CT molecular complexity index is 464. The first-order valence-electron chi connectivity index (χ1n) is 6.15. The topological polar surface area (TPSA) is 46.4 Å². The van der Waals surface area contributed by atoms with Crippen molar-refractivity contribution < 1.29 is 9.31 Å². The number of nitro benzene ring substituents is 1. The van der Waals surface area contributed by atoms with Gasteiger partial charge in [0.2, 0.25) is 5.82 Å². The van der Waals surface area contributed by atoms with E-state index in [9.17, 15) is 14.5 Å². The molecule has 0 N–H and O–H groups in total. The van der Waals surface area contributed by atoms with E-state index in [1.807, 2.05) is 0 Å². The molecule has 4 nitrogen and oxygen atoms in total. The Morgan fingerprint density at radius 3 is 2.78 bits per heavy atom. The Labute approximate surface area is 106 Å². The molecule has 1 fully saturated rings. The summed E-state index contributed by atoms with van der Waals surface area (Å²) in [6, 6.07) is 4.77. The average Bonchev–Trinajstić information content (AvgIpc) is 2.60. The monoisotopic (exact) mass is 252 g/mol. The average molecular weight is 252 g/mol. The third-order valence-corrected chi connectivity index (χ3v) is 3.54. The van der Waals surface area contributed by atoms with E-state index >= 15 is 0 Å². The highest BCUT2D eigenvalue weighted by Crippen LogP contribution is 2.27. The summed E-state index contributed by atoms with van der Waals surface area (Å²) < 4.78 is 13.9. The molecule has 1 aliphatic heterocycles. The molecule has 0 saturated carbocycles. The molecule has 2 atom stereocenters. The summed E-state index contributed by atoms with van der Waals surface area (Å²) >= 11 is 0. The summed E-state index contributed by atoms with van der Waals surface area (Å²) in [7, 11) is 0. The fourth-order valence-electron chi connectivity index (χ4n) is 2.65. The second-order valence-corrected chi connectivity index (χ2v) is 5.13. The van der Waals surface area contributed by atoms with Gasteiger partial charge < -0.3 is 0 Å². The summed E-state index contributed by atoms with van der Waals surface area (Å²) in [4.78, 5) is 12.2. The number of likely N-dealkylation sites (tertiary alicyclic amines) is 1. The van der Waals surface area contributed by atoms with E-state index < -0.39 is 16.4 Å². The van der Waals surface area contributed by atoms with Gasteiger partial charge in [0.25, 0.3) is 0 Å². The molecule has 0 radical (unpaired) electrons. The van der Waals surface area contributed by atoms with E-state index in [4.69, 9.17) is 0 Å². The Hall–Kier alpha value is -1.49. The molecule has 0 aliphatic carbocycles. The Morgan fingerprint density at radius 1 is 1.50 bits per heavy atom. The highest BCUT2D eigenvalue weighted by molar-refractivity contribution is 5.36. The molecule has 1 saturated heterocycles. The summed E-state index contributed by atoms with van der Waals surface area (Å²) in [5.41, 5.74) is -0.0300. The van der Waals surface area contributed by atoms with Gasteiger partial charge in [-0.3, -0.25) is 15.0 Å². The maximum atomic E-state index is 13.9. The van der Waals surface area contributed by atoms with Crippen LogP contribution in [0.3, 0.4) is 0 Å². The van der Waals surface area contributed by atoms with Crippen molar-refractivity contribution in [1.82, 2.24) is 4.90 Å². The first-order chi connectivity index (χ1) is 8.49. The minimum Gasteiger partial charge on any atom is -0.296 e. The van der Waals surface area contributed by atoms with E-state index in [-0.39, 0.29) is 0 Å². The van der Waals surface area contributed by atoms with Crippen LogP contribution in [0.4, 0.5) is 10.1 Å². The van der Waals surface area contributed by atoms with Crippen LogP contribution >= 0.6 is 0 Å². The minimum atomic E-state index is -0.700. The van der Waals surface area contributed by atoms with Gasteiger partial charge in [-0.1, -0.05) is 19.1 Å². The van der Waals surface area contributed by atoms with E-state index in [1.54, 1.807) is 12.1 Å². The highest BCUT2D eigenvalue weighted by atomic mass is 19.1. The van der Waals surface area contributed by atoms with Crippen molar-refractivity contribution in [3.63, 3.8) is 0 Å². The minimum absolute atomic E-state index is 0.402. The van der Waals surface area contributed by atoms with Crippen LogP contribution in [0.5, 0.6) is 0 Å². The van der Waals surface area contributed by atoms with Crippen LogP contribution in [0.25, 0.3) is 0 Å². The van der Waals surface area contributed by atoms with Crippen molar-refractivity contribution in [1.29, 1.82) is 0 Å². The summed E-state index contributed by atoms with van der Waals surface area (Å²) in [5.74, 6) is -0.101. The smallest absolute Gasteiger partial charge is 0.296 e. The first kappa shape index (κ1) is 13.0. The van der Waals surface area contributed by atoms with Crippen LogP contribution in [0, 0.1) is 21.8 Å². The zero-order valence-electron chi connectivity index (χ0n) is 10.6. The number of nitro groups is 1. The molecule has 0 amide bonds. The molecule has 5 heteroatoms. The van der Waals surface area contributed by atoms with Crippen molar-refractivity contribution in [3.8, 4) is 0 Å². The van der Waals surface area contributed by atoms with Crippen molar-refractivity contribution in [2.24, 2.45) is 5.92 Å². The lowest BCUT2D eigenvalue weighted by Gasteiger charge is -2.21. The molecule has 1 heterocycles. The van der Waals surface area contributed by atoms with E-state index in [1.165, 1.54) is 6.07 Å². The van der Waals surface area contributed by atoms with Gasteiger partial charge in [-0.25, -0.2) is 0 Å². The van der Waals surface area contributed by atoms with Crippen LogP contribution in [-0.4, -0.2) is 22.4 Å². The molecule has 98 valence electrons. The molecule has 18 heavy (non-hydrogen) atoms. The lowest BCUT2D eigenvalue weighted by Crippen LogP contribution is -2.27. The summed E-state index contributed by atoms with van der Waals surface area (Å²) in [6.07, 6.45) is 1.09. The van der Waals surface area contributed by atoms with E-state index in [2.05, 4.69) is 18.7 Å². The predicted octanol–water partition coefficient (Wildman–Crippen LogP) is 2.96. The van der Waals surface area contributed by atoms with Gasteiger partial charge in [0.15, 0.2) is 0 Å². The maximum Gasteiger partial charge on any atom is 0.305 e. The Kier molecular flexibility index (Phi) is 3.61. The standard InChI is InChI=1S/C13H17FN2O2/c1-9-6-10(2)15(7-9)8-11-4-3-5-12(13(11)14)16(17)18/h3-5,9-10H,6-8H2,1-2H3. The molecule has 1 aromatic rings. The fourth-order valence-corrected chi connectivity index (χ4v) is 2.65. The van der Waals surface area contributed by atoms with Crippen molar-refractivity contribution in [2.75, 3.05) is 6.54 Å². The number of hydrogen-bond acceptors (Lipinski definition) is 3. The first-order valence-corrected chi connectivity index (χ1v) is 6.15. The second kappa shape index (κ2) is 5.02. The summed E-state index contributed by atoms with van der Waals surface area (Å²) in [6.45, 7) is 5.64. The zero-order chi connectivity index (χ0) is 13.3. The molecular weight excluding hydrogens is 235 g/mol. The SMILES string of the molecule is CC1CC(C)N(Cc2cccc([N+](=O)[O-])c2F)C1. The number of rotatable bonds is 3. The molecule has 2 rings (SSSR count). The number of nitrogens with zero attached hydrogens (tertiary/aromatic N) is 2. The molecule has 2 unspecified atom stereocenters. The van der Waals surface area contributed by atoms with Crippen LogP contribution in [0.1, 0.15) is 25.8 Å². The lowest BCUT2D eigenvalue weighted by atomic mass is 10.1. The number of hydrogen-bond donors (Lipinski definition) is 0. The largest absolute Gasteiger partial charge is 0.305 e. The van der Waals surface area contributed by atoms with E-state index in [0.717, 1.165) is 13.0 Å². The molecule has 0 bridgehead atoms. The zero-order valence-corrected chi connectivity index (χ0v) is 10.6. The lowest BCUT2D eigenvalue weighted by molar-refractivity contribution is -0.387. The summed E-state index contributed by atoms with van der Waals surface area (Å²) in [5, 5.41) is 10.7. The molecule has 1 aromatic carbocycles. The molecule has 0 spiro atoms. The predicted molar refractivity (Wildman–Crippen MR) is 66.7 cm³/mol. The fraction of sp³-hybridized carbons (Fsp3) is 0.538. The van der Waals surface area contributed by atoms with E-state index in [0.29, 0.717) is 24.1 Å². The molecule has 1 aliphatic rings. The number of benzene rings is 1. The van der Waals surface area contributed by atoms with Crippen LogP contribution in [0.2, 0.25) is 0 Å². The van der Waals surface area contributed by atoms with Crippen molar-refractivity contribution in [3.05, 3.63) is 39.7 Å². The Balaban J connectivity index is 2.19. The van der Waals surface area contributed by atoms with Gasteiger partial charge >= 0.3 is 5.69 Å². The van der Waals surface area contributed by atoms with Gasteiger partial charge in [0.05, 0.1) is 4.92 Å². The number of halogens is 1. The van der Waals surface area contributed by atoms with Crippen LogP contribution < -0.4 is 0 Å². The quantitative estimate of drug-likeness (QED) is 0.613.